The lowest BCUT2D eigenvalue weighted by molar-refractivity contribution is -0.131. The lowest BCUT2D eigenvalue weighted by Gasteiger charge is -2.33. The summed E-state index contributed by atoms with van der Waals surface area (Å²) in [6.45, 7) is 2.60. The maximum atomic E-state index is 10.8. The van der Waals surface area contributed by atoms with Gasteiger partial charge in [0.1, 0.15) is 6.29 Å². The fraction of sp³-hybridized carbons (Fsp3) is 0.778. The molecule has 0 aromatic heterocycles. The number of hydrogen-bond acceptors (Lipinski definition) is 4. The predicted octanol–water partition coefficient (Wildman–Crippen LogP) is -0.996. The van der Waals surface area contributed by atoms with Crippen molar-refractivity contribution in [3.8, 4) is 0 Å². The van der Waals surface area contributed by atoms with E-state index in [1.54, 1.807) is 14.0 Å². The van der Waals surface area contributed by atoms with Gasteiger partial charge in [0.15, 0.2) is 0 Å². The monoisotopic (exact) mass is 202 g/mol. The van der Waals surface area contributed by atoms with Crippen LogP contribution in [0.1, 0.15) is 13.3 Å². The Hall–Kier alpha value is -0.940. The highest BCUT2D eigenvalue weighted by Gasteiger charge is 2.29. The van der Waals surface area contributed by atoms with Crippen LogP contribution in [0.5, 0.6) is 0 Å². The first-order chi connectivity index (χ1) is 6.64. The molecule has 1 amide bonds. The molecule has 0 aliphatic rings. The number of aldehydes is 1. The fourth-order valence-corrected chi connectivity index (χ4v) is 1.16. The van der Waals surface area contributed by atoms with Crippen molar-refractivity contribution in [2.75, 3.05) is 26.7 Å². The molecule has 0 aromatic carbocycles. The Bertz CT molecular complexity index is 187. The topological polar surface area (TPSA) is 69.6 Å². The first-order valence-electron chi connectivity index (χ1n) is 4.58. The Morgan fingerprint density at radius 1 is 1.50 bits per heavy atom. The summed E-state index contributed by atoms with van der Waals surface area (Å²) < 4.78 is 0. The number of nitrogens with zero attached hydrogens (tertiary/aromatic N) is 1. The highest BCUT2D eigenvalue weighted by atomic mass is 16.3. The van der Waals surface area contributed by atoms with E-state index in [-0.39, 0.29) is 13.0 Å². The van der Waals surface area contributed by atoms with Crippen molar-refractivity contribution in [3.05, 3.63) is 0 Å². The third-order valence-electron chi connectivity index (χ3n) is 2.26. The van der Waals surface area contributed by atoms with Crippen LogP contribution in [-0.4, -0.2) is 55.0 Å². The van der Waals surface area contributed by atoms with E-state index in [1.165, 1.54) is 4.90 Å². The second-order valence-electron chi connectivity index (χ2n) is 3.35. The molecule has 0 heterocycles. The van der Waals surface area contributed by atoms with Crippen LogP contribution in [0.15, 0.2) is 0 Å². The Labute approximate surface area is 84.1 Å². The zero-order valence-corrected chi connectivity index (χ0v) is 8.69. The Morgan fingerprint density at radius 3 is 2.50 bits per heavy atom. The quantitative estimate of drug-likeness (QED) is 0.496. The number of aliphatic hydroxyl groups excluding tert-OH is 1. The van der Waals surface area contributed by atoms with Crippen LogP contribution in [0.2, 0.25) is 0 Å². The van der Waals surface area contributed by atoms with E-state index in [4.69, 9.17) is 5.11 Å². The number of carbonyl (C=O) groups excluding carboxylic acids is 2. The summed E-state index contributed by atoms with van der Waals surface area (Å²) >= 11 is 0. The van der Waals surface area contributed by atoms with Crippen LogP contribution in [0.4, 0.5) is 0 Å². The minimum Gasteiger partial charge on any atom is -0.396 e. The zero-order chi connectivity index (χ0) is 11.0. The predicted molar refractivity (Wildman–Crippen MR) is 52.9 cm³/mol. The molecular formula is C9H18N2O3. The van der Waals surface area contributed by atoms with Crippen LogP contribution >= 0.6 is 0 Å². The van der Waals surface area contributed by atoms with E-state index >= 15 is 0 Å². The van der Waals surface area contributed by atoms with Crippen LogP contribution < -0.4 is 5.32 Å². The van der Waals surface area contributed by atoms with Crippen molar-refractivity contribution in [2.45, 2.75) is 18.9 Å². The lowest BCUT2D eigenvalue weighted by Crippen LogP contribution is -2.49. The van der Waals surface area contributed by atoms with Gasteiger partial charge in [0, 0.05) is 26.1 Å². The minimum absolute atomic E-state index is 0.112. The summed E-state index contributed by atoms with van der Waals surface area (Å²) in [6, 6.07) is 0. The van der Waals surface area contributed by atoms with Crippen molar-refractivity contribution < 1.29 is 14.7 Å². The molecule has 0 aliphatic carbocycles. The largest absolute Gasteiger partial charge is 0.396 e. The summed E-state index contributed by atoms with van der Waals surface area (Å²) in [5.74, 6) is 0. The molecule has 1 atom stereocenters. The molecule has 0 saturated heterocycles. The smallest absolute Gasteiger partial charge is 0.210 e. The average Bonchev–Trinajstić information content (AvgIpc) is 2.19. The first-order valence-corrected chi connectivity index (χ1v) is 4.58. The van der Waals surface area contributed by atoms with Gasteiger partial charge in [-0.3, -0.25) is 4.79 Å². The molecule has 14 heavy (non-hydrogen) atoms. The molecule has 0 fully saturated rings. The number of amides is 1. The molecule has 5 nitrogen and oxygen atoms in total. The molecule has 0 spiro atoms. The molecule has 0 rings (SSSR count). The van der Waals surface area contributed by atoms with E-state index < -0.39 is 5.54 Å². The number of carbonyl (C=O) groups is 2. The van der Waals surface area contributed by atoms with Gasteiger partial charge in [-0.2, -0.15) is 0 Å². The van der Waals surface area contributed by atoms with Gasteiger partial charge in [-0.25, -0.2) is 0 Å². The van der Waals surface area contributed by atoms with Gasteiger partial charge in [0.05, 0.1) is 5.54 Å². The fourth-order valence-electron chi connectivity index (χ4n) is 1.16. The molecule has 0 aliphatic heterocycles. The van der Waals surface area contributed by atoms with Gasteiger partial charge in [-0.05, 0) is 14.0 Å². The number of nitrogens with one attached hydrogen (secondary N) is 1. The second-order valence-corrected chi connectivity index (χ2v) is 3.35. The Morgan fingerprint density at radius 2 is 2.14 bits per heavy atom. The molecule has 0 bridgehead atoms. The highest BCUT2D eigenvalue weighted by molar-refractivity contribution is 5.68. The third kappa shape index (κ3) is 3.43. The molecule has 0 saturated carbocycles. The van der Waals surface area contributed by atoms with Crippen molar-refractivity contribution in [1.82, 2.24) is 10.2 Å². The molecule has 82 valence electrons. The van der Waals surface area contributed by atoms with Crippen LogP contribution in [0, 0.1) is 0 Å². The van der Waals surface area contributed by atoms with Gasteiger partial charge in [0.2, 0.25) is 6.41 Å². The Kier molecular flexibility index (Phi) is 6.07. The summed E-state index contributed by atoms with van der Waals surface area (Å²) in [5, 5.41) is 11.7. The van der Waals surface area contributed by atoms with Crippen LogP contribution in [0.3, 0.4) is 0 Å². The van der Waals surface area contributed by atoms with Gasteiger partial charge in [-0.15, -0.1) is 0 Å². The summed E-state index contributed by atoms with van der Waals surface area (Å²) in [6.07, 6.45) is 1.60. The summed E-state index contributed by atoms with van der Waals surface area (Å²) in [4.78, 5) is 23.0. The number of likely N-dealkylation sites (N-methyl/N-ethyl adjacent to an activating group) is 1. The standard InChI is InChI=1S/C9H18N2O3/c1-9(7-13,3-6-12)11(8-14)5-4-10-2/h7-8,10,12H,3-6H2,1-2H3. The summed E-state index contributed by atoms with van der Waals surface area (Å²) in [5.41, 5.74) is -0.895. The van der Waals surface area contributed by atoms with E-state index in [0.717, 1.165) is 0 Å². The molecule has 5 heteroatoms. The number of hydrogen-bond donors (Lipinski definition) is 2. The lowest BCUT2D eigenvalue weighted by atomic mass is 9.98. The minimum atomic E-state index is -0.895. The summed E-state index contributed by atoms with van der Waals surface area (Å²) in [7, 11) is 1.77. The normalized spacial score (nSPS) is 14.5. The SMILES string of the molecule is CNCCN(C=O)C(C)(C=O)CCO. The maximum Gasteiger partial charge on any atom is 0.210 e. The van der Waals surface area contributed by atoms with Gasteiger partial charge in [-0.1, -0.05) is 0 Å². The van der Waals surface area contributed by atoms with Gasteiger partial charge < -0.3 is 20.1 Å². The van der Waals surface area contributed by atoms with Crippen LogP contribution in [0.25, 0.3) is 0 Å². The van der Waals surface area contributed by atoms with Gasteiger partial charge in [0.25, 0.3) is 0 Å². The molecule has 0 aromatic rings. The highest BCUT2D eigenvalue weighted by Crippen LogP contribution is 2.14. The Balaban J connectivity index is 4.41. The van der Waals surface area contributed by atoms with Crippen molar-refractivity contribution >= 4 is 12.7 Å². The maximum absolute atomic E-state index is 10.8. The molecule has 0 radical (unpaired) electrons. The van der Waals surface area contributed by atoms with E-state index in [2.05, 4.69) is 5.32 Å². The van der Waals surface area contributed by atoms with Crippen molar-refractivity contribution in [3.63, 3.8) is 0 Å². The molecule has 1 unspecified atom stereocenters. The average molecular weight is 202 g/mol. The number of rotatable bonds is 8. The van der Waals surface area contributed by atoms with Gasteiger partial charge >= 0.3 is 0 Å². The third-order valence-corrected chi connectivity index (χ3v) is 2.26. The molecule has 2 N–H and O–H groups in total. The number of aliphatic hydroxyl groups is 1. The zero-order valence-electron chi connectivity index (χ0n) is 8.69. The molecular weight excluding hydrogens is 184 g/mol. The van der Waals surface area contributed by atoms with Crippen molar-refractivity contribution in [2.24, 2.45) is 0 Å². The van der Waals surface area contributed by atoms with E-state index in [0.29, 0.717) is 25.8 Å². The van der Waals surface area contributed by atoms with Crippen LogP contribution in [-0.2, 0) is 9.59 Å². The van der Waals surface area contributed by atoms with Crippen molar-refractivity contribution in [1.29, 1.82) is 0 Å². The first kappa shape index (κ1) is 13.1. The van der Waals surface area contributed by atoms with E-state index in [1.807, 2.05) is 0 Å². The van der Waals surface area contributed by atoms with E-state index in [9.17, 15) is 9.59 Å². The second kappa shape index (κ2) is 6.50.